The molecule has 1 fully saturated rings. The van der Waals surface area contributed by atoms with Gasteiger partial charge in [0.25, 0.3) is 5.91 Å². The lowest BCUT2D eigenvalue weighted by Gasteiger charge is -2.35. The maximum atomic E-state index is 12.7. The highest BCUT2D eigenvalue weighted by Crippen LogP contribution is 2.26. The Morgan fingerprint density at radius 2 is 2.24 bits per heavy atom. The topological polar surface area (TPSA) is 80.5 Å². The zero-order valence-electron chi connectivity index (χ0n) is 11.6. The quantitative estimate of drug-likeness (QED) is 0.795. The lowest BCUT2D eigenvalue weighted by atomic mass is 10.1. The molecular weight excluding hydrogens is 376 g/mol. The van der Waals surface area contributed by atoms with Crippen LogP contribution < -0.4 is 5.73 Å². The van der Waals surface area contributed by atoms with Gasteiger partial charge in [-0.3, -0.25) is 4.79 Å². The van der Waals surface area contributed by atoms with E-state index in [9.17, 15) is 13.2 Å². The summed E-state index contributed by atoms with van der Waals surface area (Å²) in [5.74, 6) is 0.857. The third-order valence-electron chi connectivity index (χ3n) is 3.41. The number of nitrogens with zero attached hydrogens (tertiary/aromatic N) is 1. The first-order valence-corrected chi connectivity index (χ1v) is 10.2. The largest absolute Gasteiger partial charge is 0.398 e. The lowest BCUT2D eigenvalue weighted by Crippen LogP contribution is -2.50. The second-order valence-corrected chi connectivity index (χ2v) is 9.22. The third-order valence-corrected chi connectivity index (χ3v) is 7.19. The van der Waals surface area contributed by atoms with E-state index in [4.69, 9.17) is 5.73 Å². The van der Waals surface area contributed by atoms with Crippen molar-refractivity contribution >= 4 is 49.1 Å². The van der Waals surface area contributed by atoms with E-state index in [1.165, 1.54) is 4.90 Å². The Morgan fingerprint density at radius 3 is 2.86 bits per heavy atom. The van der Waals surface area contributed by atoms with Crippen molar-refractivity contribution in [1.82, 2.24) is 4.90 Å². The van der Waals surface area contributed by atoms with E-state index < -0.39 is 15.2 Å². The molecule has 8 heteroatoms. The zero-order valence-corrected chi connectivity index (χ0v) is 14.8. The highest BCUT2D eigenvalue weighted by Gasteiger charge is 2.36. The third kappa shape index (κ3) is 3.54. The van der Waals surface area contributed by atoms with Crippen molar-refractivity contribution in [1.29, 1.82) is 0 Å². The van der Waals surface area contributed by atoms with Gasteiger partial charge < -0.3 is 10.6 Å². The molecule has 1 aliphatic rings. The second-order valence-electron chi connectivity index (χ2n) is 4.71. The first-order chi connectivity index (χ1) is 9.86. The van der Waals surface area contributed by atoms with Crippen LogP contribution in [-0.4, -0.2) is 48.4 Å². The summed E-state index contributed by atoms with van der Waals surface area (Å²) in [6, 6.07) is 5.00. The number of carbonyl (C=O) groups is 1. The van der Waals surface area contributed by atoms with Crippen molar-refractivity contribution in [2.24, 2.45) is 0 Å². The number of benzene rings is 1. The van der Waals surface area contributed by atoms with Crippen LogP contribution in [0.1, 0.15) is 17.3 Å². The number of amides is 1. The van der Waals surface area contributed by atoms with Crippen molar-refractivity contribution < 1.29 is 13.2 Å². The van der Waals surface area contributed by atoms with Gasteiger partial charge in [-0.1, -0.05) is 22.9 Å². The fourth-order valence-corrected chi connectivity index (χ4v) is 5.53. The molecule has 2 N–H and O–H groups in total. The van der Waals surface area contributed by atoms with Gasteiger partial charge in [0.15, 0.2) is 9.84 Å². The predicted molar refractivity (Wildman–Crippen MR) is 90.2 cm³/mol. The molecule has 1 atom stereocenters. The van der Waals surface area contributed by atoms with Crippen LogP contribution in [0.3, 0.4) is 0 Å². The Labute approximate surface area is 137 Å². The summed E-state index contributed by atoms with van der Waals surface area (Å²) < 4.78 is 25.2. The average molecular weight is 393 g/mol. The van der Waals surface area contributed by atoms with E-state index in [1.54, 1.807) is 36.9 Å². The van der Waals surface area contributed by atoms with Crippen LogP contribution in [-0.2, 0) is 9.84 Å². The first-order valence-electron chi connectivity index (χ1n) is 6.52. The number of sulfone groups is 1. The minimum atomic E-state index is -3.31. The van der Waals surface area contributed by atoms with Gasteiger partial charge in [-0.2, -0.15) is 11.8 Å². The Kier molecular flexibility index (Phi) is 5.21. The van der Waals surface area contributed by atoms with Gasteiger partial charge in [0, 0.05) is 34.0 Å². The van der Waals surface area contributed by atoms with Gasteiger partial charge in [0.1, 0.15) is 5.37 Å². The molecule has 0 saturated carbocycles. The number of nitrogens with two attached hydrogens (primary N) is 1. The molecular formula is C13H17BrN2O3S2. The molecule has 116 valence electrons. The fourth-order valence-electron chi connectivity index (χ4n) is 2.19. The van der Waals surface area contributed by atoms with Gasteiger partial charge in [0.05, 0.1) is 5.56 Å². The van der Waals surface area contributed by atoms with Gasteiger partial charge in [-0.15, -0.1) is 0 Å². The molecule has 1 aromatic carbocycles. The van der Waals surface area contributed by atoms with Crippen LogP contribution in [0.4, 0.5) is 5.69 Å². The summed E-state index contributed by atoms with van der Waals surface area (Å²) in [6.07, 6.45) is 0. The van der Waals surface area contributed by atoms with Crippen molar-refractivity contribution in [2.45, 2.75) is 12.3 Å². The number of carbonyl (C=O) groups excluding carboxylic acids is 1. The highest BCUT2D eigenvalue weighted by atomic mass is 79.9. The van der Waals surface area contributed by atoms with E-state index in [1.807, 2.05) is 0 Å². The fraction of sp³-hybridized carbons (Fsp3) is 0.462. The van der Waals surface area contributed by atoms with Gasteiger partial charge in [-0.05, 0) is 18.2 Å². The van der Waals surface area contributed by atoms with E-state index in [2.05, 4.69) is 15.9 Å². The molecule has 5 nitrogen and oxygen atoms in total. The van der Waals surface area contributed by atoms with Crippen molar-refractivity contribution in [2.75, 3.05) is 29.5 Å². The average Bonchev–Trinajstić information content (AvgIpc) is 2.46. The van der Waals surface area contributed by atoms with Gasteiger partial charge >= 0.3 is 0 Å². The van der Waals surface area contributed by atoms with E-state index in [-0.39, 0.29) is 11.7 Å². The normalized spacial score (nSPS) is 19.5. The summed E-state index contributed by atoms with van der Waals surface area (Å²) in [7, 11) is -3.31. The van der Waals surface area contributed by atoms with Gasteiger partial charge in [0.2, 0.25) is 0 Å². The highest BCUT2D eigenvalue weighted by molar-refractivity contribution is 9.10. The number of hydrogen-bond acceptors (Lipinski definition) is 5. The second kappa shape index (κ2) is 6.58. The maximum absolute atomic E-state index is 12.7. The molecule has 0 aliphatic carbocycles. The predicted octanol–water partition coefficient (Wildman–Crippen LogP) is 1.98. The standard InChI is InChI=1S/C13H17BrN2O3S2/c1-2-21(18,19)12-8-20-6-5-16(12)13(17)10-4-3-9(14)7-11(10)15/h3-4,7,12H,2,5-6,8,15H2,1H3. The monoisotopic (exact) mass is 392 g/mol. The van der Waals surface area contributed by atoms with Crippen LogP contribution in [0, 0.1) is 0 Å². The molecule has 21 heavy (non-hydrogen) atoms. The Morgan fingerprint density at radius 1 is 1.52 bits per heavy atom. The van der Waals surface area contributed by atoms with Crippen molar-refractivity contribution in [3.05, 3.63) is 28.2 Å². The van der Waals surface area contributed by atoms with Crippen molar-refractivity contribution in [3.8, 4) is 0 Å². The van der Waals surface area contributed by atoms with E-state index >= 15 is 0 Å². The summed E-state index contributed by atoms with van der Waals surface area (Å²) in [4.78, 5) is 14.1. The van der Waals surface area contributed by atoms with Crippen LogP contribution in [0.15, 0.2) is 22.7 Å². The Bertz CT molecular complexity index is 649. The Hall–Kier alpha value is -0.730. The summed E-state index contributed by atoms with van der Waals surface area (Å²) in [5, 5.41) is -0.767. The van der Waals surface area contributed by atoms with Crippen molar-refractivity contribution in [3.63, 3.8) is 0 Å². The number of hydrogen-bond donors (Lipinski definition) is 1. The molecule has 1 aliphatic heterocycles. The van der Waals surface area contributed by atoms with Crippen LogP contribution in [0.5, 0.6) is 0 Å². The zero-order chi connectivity index (χ0) is 15.6. The number of anilines is 1. The summed E-state index contributed by atoms with van der Waals surface area (Å²) >= 11 is 4.85. The molecule has 1 heterocycles. The van der Waals surface area contributed by atoms with E-state index in [0.717, 1.165) is 10.2 Å². The number of nitrogen functional groups attached to an aromatic ring is 1. The number of halogens is 1. The maximum Gasteiger partial charge on any atom is 0.257 e. The molecule has 0 aromatic heterocycles. The first kappa shape index (κ1) is 16.6. The number of rotatable bonds is 3. The molecule has 1 amide bonds. The summed E-state index contributed by atoms with van der Waals surface area (Å²) in [5.41, 5.74) is 6.58. The SMILES string of the molecule is CCS(=O)(=O)C1CSCCN1C(=O)c1ccc(Br)cc1N. The van der Waals surface area contributed by atoms with Crippen LogP contribution >= 0.6 is 27.7 Å². The smallest absolute Gasteiger partial charge is 0.257 e. The lowest BCUT2D eigenvalue weighted by molar-refractivity contribution is 0.0750. The Balaban J connectivity index is 2.35. The van der Waals surface area contributed by atoms with Gasteiger partial charge in [-0.25, -0.2) is 8.42 Å². The molecule has 0 bridgehead atoms. The molecule has 1 saturated heterocycles. The van der Waals surface area contributed by atoms with Crippen LogP contribution in [0.25, 0.3) is 0 Å². The molecule has 1 unspecified atom stereocenters. The number of thioether (sulfide) groups is 1. The molecule has 1 aromatic rings. The minimum absolute atomic E-state index is 0.0256. The molecule has 0 spiro atoms. The molecule has 0 radical (unpaired) electrons. The minimum Gasteiger partial charge on any atom is -0.398 e. The summed E-state index contributed by atoms with van der Waals surface area (Å²) in [6.45, 7) is 2.02. The van der Waals surface area contributed by atoms with E-state index in [0.29, 0.717) is 23.5 Å². The van der Waals surface area contributed by atoms with Crippen LogP contribution in [0.2, 0.25) is 0 Å². The molecule has 2 rings (SSSR count).